The third-order valence-electron chi connectivity index (χ3n) is 5.32. The van der Waals surface area contributed by atoms with Gasteiger partial charge in [-0.3, -0.25) is 0 Å². The van der Waals surface area contributed by atoms with Gasteiger partial charge in [-0.1, -0.05) is 60.7 Å². The summed E-state index contributed by atoms with van der Waals surface area (Å²) >= 11 is 6.91. The van der Waals surface area contributed by atoms with Gasteiger partial charge < -0.3 is 25.3 Å². The van der Waals surface area contributed by atoms with E-state index in [0.717, 1.165) is 37.3 Å². The van der Waals surface area contributed by atoms with Gasteiger partial charge in [0.1, 0.15) is 24.7 Å². The molecular weight excluding hydrogens is 636 g/mol. The van der Waals surface area contributed by atoms with Gasteiger partial charge in [-0.15, -0.1) is 0 Å². The number of anilines is 2. The van der Waals surface area contributed by atoms with E-state index in [4.69, 9.17) is 19.9 Å². The van der Waals surface area contributed by atoms with Crippen molar-refractivity contribution in [3.63, 3.8) is 0 Å². The van der Waals surface area contributed by atoms with Crippen LogP contribution in [0.25, 0.3) is 0 Å². The third kappa shape index (κ3) is 10.8. The average Bonchev–Trinajstić information content (AvgIpc) is 2.95. The molecule has 0 radical (unpaired) electrons. The Bertz CT molecular complexity index is 1400. The summed E-state index contributed by atoms with van der Waals surface area (Å²) in [5, 5.41) is 3.16. The number of nitrogen functional groups attached to an aromatic ring is 1. The number of rotatable bonds is 10. The SMILES string of the molecule is CCOC(=O)C=C(C)Nc1ccc(Br)c(OCc2ccccc2)c1.Nc1ccc(Br)c(OCc2ccccc2)c1. The molecule has 0 aliphatic rings. The number of halogens is 2. The van der Waals surface area contributed by atoms with Crippen LogP contribution in [0, 0.1) is 0 Å². The van der Waals surface area contributed by atoms with Crippen LogP contribution in [0.2, 0.25) is 0 Å². The Labute approximate surface area is 252 Å². The van der Waals surface area contributed by atoms with Gasteiger partial charge in [0, 0.05) is 35.3 Å². The first-order chi connectivity index (χ1) is 19.3. The van der Waals surface area contributed by atoms with Crippen LogP contribution in [0.3, 0.4) is 0 Å². The van der Waals surface area contributed by atoms with Crippen LogP contribution in [0.5, 0.6) is 11.5 Å². The monoisotopic (exact) mass is 666 g/mol. The maximum atomic E-state index is 11.5. The van der Waals surface area contributed by atoms with Crippen molar-refractivity contribution < 1.29 is 19.0 Å². The third-order valence-corrected chi connectivity index (χ3v) is 6.63. The summed E-state index contributed by atoms with van der Waals surface area (Å²) in [5.74, 6) is 1.14. The van der Waals surface area contributed by atoms with Crippen LogP contribution in [-0.2, 0) is 22.7 Å². The highest BCUT2D eigenvalue weighted by atomic mass is 79.9. The largest absolute Gasteiger partial charge is 0.488 e. The van der Waals surface area contributed by atoms with Crippen LogP contribution < -0.4 is 20.5 Å². The molecule has 0 fully saturated rings. The molecule has 4 aromatic carbocycles. The predicted molar refractivity (Wildman–Crippen MR) is 168 cm³/mol. The molecule has 0 spiro atoms. The fourth-order valence-electron chi connectivity index (χ4n) is 3.42. The molecule has 0 aliphatic heterocycles. The molecule has 208 valence electrons. The van der Waals surface area contributed by atoms with E-state index in [9.17, 15) is 4.79 Å². The molecule has 3 N–H and O–H groups in total. The summed E-state index contributed by atoms with van der Waals surface area (Å²) in [5.41, 5.74) is 10.2. The molecule has 0 atom stereocenters. The predicted octanol–water partition coefficient (Wildman–Crippen LogP) is 8.52. The Balaban J connectivity index is 0.000000238. The Morgan fingerprint density at radius 1 is 0.800 bits per heavy atom. The second-order valence-electron chi connectivity index (χ2n) is 8.59. The highest BCUT2D eigenvalue weighted by Crippen LogP contribution is 2.30. The molecule has 0 aromatic heterocycles. The Morgan fingerprint density at radius 3 is 1.88 bits per heavy atom. The van der Waals surface area contributed by atoms with Gasteiger partial charge in [0.05, 0.1) is 15.6 Å². The van der Waals surface area contributed by atoms with Crippen molar-refractivity contribution in [2.24, 2.45) is 0 Å². The van der Waals surface area contributed by atoms with E-state index < -0.39 is 0 Å². The quantitative estimate of drug-likeness (QED) is 0.100. The fourth-order valence-corrected chi connectivity index (χ4v) is 4.14. The van der Waals surface area contributed by atoms with Gasteiger partial charge in [-0.2, -0.15) is 0 Å². The van der Waals surface area contributed by atoms with E-state index in [1.807, 2.05) is 104 Å². The summed E-state index contributed by atoms with van der Waals surface area (Å²) < 4.78 is 18.2. The maximum Gasteiger partial charge on any atom is 0.332 e. The number of carbonyl (C=O) groups is 1. The number of nitrogens with one attached hydrogen (secondary N) is 1. The number of nitrogens with two attached hydrogens (primary N) is 1. The Morgan fingerprint density at radius 2 is 1.32 bits per heavy atom. The van der Waals surface area contributed by atoms with E-state index in [-0.39, 0.29) is 5.97 Å². The molecule has 0 heterocycles. The van der Waals surface area contributed by atoms with Gasteiger partial charge in [0.25, 0.3) is 0 Å². The van der Waals surface area contributed by atoms with Gasteiger partial charge in [-0.05, 0) is 81.1 Å². The topological polar surface area (TPSA) is 82.8 Å². The molecule has 4 rings (SSSR count). The second kappa shape index (κ2) is 16.4. The summed E-state index contributed by atoms with van der Waals surface area (Å²) in [6, 6.07) is 31.2. The van der Waals surface area contributed by atoms with Crippen LogP contribution in [0.4, 0.5) is 11.4 Å². The van der Waals surface area contributed by atoms with E-state index in [1.54, 1.807) is 6.92 Å². The van der Waals surface area contributed by atoms with Crippen molar-refractivity contribution in [1.82, 2.24) is 0 Å². The van der Waals surface area contributed by atoms with Crippen LogP contribution in [0.1, 0.15) is 25.0 Å². The molecular formula is C32H32Br2N2O4. The zero-order valence-electron chi connectivity index (χ0n) is 22.4. The normalized spacial score (nSPS) is 10.7. The lowest BCUT2D eigenvalue weighted by molar-refractivity contribution is -0.137. The standard InChI is InChI=1S/C19H20BrNO3.C13H12BrNO/c1-3-23-19(22)11-14(2)21-16-9-10-17(20)18(12-16)24-13-15-7-5-4-6-8-15;14-12-7-6-11(15)8-13(12)16-9-10-4-2-1-3-5-10/h4-12,21H,3,13H2,1-2H3;1-8H,9,15H2. The lowest BCUT2D eigenvalue weighted by atomic mass is 10.2. The minimum absolute atomic E-state index is 0.359. The number of hydrogen-bond acceptors (Lipinski definition) is 6. The molecule has 0 aliphatic carbocycles. The first-order valence-corrected chi connectivity index (χ1v) is 14.2. The zero-order chi connectivity index (χ0) is 28.7. The highest BCUT2D eigenvalue weighted by Gasteiger charge is 2.06. The lowest BCUT2D eigenvalue weighted by Crippen LogP contribution is -2.04. The zero-order valence-corrected chi connectivity index (χ0v) is 25.6. The van der Waals surface area contributed by atoms with E-state index >= 15 is 0 Å². The summed E-state index contributed by atoms with van der Waals surface area (Å²) in [6.07, 6.45) is 1.43. The van der Waals surface area contributed by atoms with E-state index in [1.165, 1.54) is 6.08 Å². The Hall–Kier alpha value is -3.75. The molecule has 6 nitrogen and oxygen atoms in total. The van der Waals surface area contributed by atoms with Crippen LogP contribution in [-0.4, -0.2) is 12.6 Å². The van der Waals surface area contributed by atoms with Crippen molar-refractivity contribution in [2.75, 3.05) is 17.7 Å². The first kappa shape index (κ1) is 30.8. The summed E-state index contributed by atoms with van der Waals surface area (Å²) in [7, 11) is 0. The molecule has 0 amide bonds. The smallest absolute Gasteiger partial charge is 0.332 e. The number of allylic oxidation sites excluding steroid dienone is 1. The van der Waals surface area contributed by atoms with Crippen molar-refractivity contribution in [1.29, 1.82) is 0 Å². The van der Waals surface area contributed by atoms with Crippen molar-refractivity contribution in [3.8, 4) is 11.5 Å². The van der Waals surface area contributed by atoms with Gasteiger partial charge in [-0.25, -0.2) is 4.79 Å². The van der Waals surface area contributed by atoms with Gasteiger partial charge in [0.2, 0.25) is 0 Å². The molecule has 40 heavy (non-hydrogen) atoms. The van der Waals surface area contributed by atoms with Crippen LogP contribution in [0.15, 0.2) is 118 Å². The summed E-state index contributed by atoms with van der Waals surface area (Å²) in [6.45, 7) is 4.98. The second-order valence-corrected chi connectivity index (χ2v) is 10.3. The van der Waals surface area contributed by atoms with Gasteiger partial charge >= 0.3 is 5.97 Å². The van der Waals surface area contributed by atoms with E-state index in [0.29, 0.717) is 31.2 Å². The number of hydrogen-bond donors (Lipinski definition) is 2. The van der Waals surface area contributed by atoms with Gasteiger partial charge in [0.15, 0.2) is 0 Å². The highest BCUT2D eigenvalue weighted by molar-refractivity contribution is 9.10. The van der Waals surface area contributed by atoms with Crippen molar-refractivity contribution in [3.05, 3.63) is 129 Å². The molecule has 4 aromatic rings. The number of esters is 1. The maximum absolute atomic E-state index is 11.5. The van der Waals surface area contributed by atoms with Crippen molar-refractivity contribution >= 4 is 49.2 Å². The number of ether oxygens (including phenoxy) is 3. The lowest BCUT2D eigenvalue weighted by Gasteiger charge is -2.12. The molecule has 0 unspecified atom stereocenters. The summed E-state index contributed by atoms with van der Waals surface area (Å²) in [4.78, 5) is 11.5. The first-order valence-electron chi connectivity index (χ1n) is 12.6. The minimum atomic E-state index is -0.361. The molecule has 8 heteroatoms. The molecule has 0 saturated heterocycles. The fraction of sp³-hybridized carbons (Fsp3) is 0.156. The number of benzene rings is 4. The minimum Gasteiger partial charge on any atom is -0.488 e. The molecule has 0 saturated carbocycles. The Kier molecular flexibility index (Phi) is 12.6. The average molecular weight is 668 g/mol. The van der Waals surface area contributed by atoms with Crippen molar-refractivity contribution in [2.45, 2.75) is 27.1 Å². The van der Waals surface area contributed by atoms with E-state index in [2.05, 4.69) is 37.2 Å². The molecule has 0 bridgehead atoms. The van der Waals surface area contributed by atoms with Crippen LogP contribution >= 0.6 is 31.9 Å². The number of carbonyl (C=O) groups excluding carboxylic acids is 1.